The zero-order valence-electron chi connectivity index (χ0n) is 14.9. The predicted octanol–water partition coefficient (Wildman–Crippen LogP) is 3.26. The fraction of sp³-hybridized carbons (Fsp3) is 0.278. The Labute approximate surface area is 166 Å². The first-order valence-electron chi connectivity index (χ1n) is 8.19. The first kappa shape index (κ1) is 19.5. The number of amides is 1. The molecule has 0 radical (unpaired) electrons. The summed E-state index contributed by atoms with van der Waals surface area (Å²) in [4.78, 5) is 12.6. The molecule has 2 aromatic rings. The van der Waals surface area contributed by atoms with E-state index in [1.807, 2.05) is 0 Å². The van der Waals surface area contributed by atoms with Crippen molar-refractivity contribution in [1.29, 1.82) is 0 Å². The number of ether oxygens (including phenoxy) is 2. The molecule has 3 rings (SSSR count). The Morgan fingerprint density at radius 1 is 1.11 bits per heavy atom. The third-order valence-corrected chi connectivity index (χ3v) is 6.87. The number of hydrogen-bond acceptors (Lipinski definition) is 5. The smallest absolute Gasteiger partial charge is 0.255 e. The zero-order chi connectivity index (χ0) is 19.6. The summed E-state index contributed by atoms with van der Waals surface area (Å²) in [6, 6.07) is 9.92. The summed E-state index contributed by atoms with van der Waals surface area (Å²) in [5.41, 5.74) is 1.52. The van der Waals surface area contributed by atoms with Crippen LogP contribution in [0.1, 0.15) is 16.8 Å². The van der Waals surface area contributed by atoms with E-state index < -0.39 is 10.0 Å². The normalized spacial score (nSPS) is 15.4. The van der Waals surface area contributed by atoms with Crippen LogP contribution in [-0.2, 0) is 10.0 Å². The van der Waals surface area contributed by atoms with Crippen LogP contribution in [0, 0.1) is 0 Å². The fourth-order valence-electron chi connectivity index (χ4n) is 2.84. The third kappa shape index (κ3) is 4.03. The minimum Gasteiger partial charge on any atom is -0.495 e. The maximum absolute atomic E-state index is 12.6. The van der Waals surface area contributed by atoms with Gasteiger partial charge in [0.05, 0.1) is 25.7 Å². The molecule has 1 fully saturated rings. The van der Waals surface area contributed by atoms with Gasteiger partial charge in [-0.15, -0.1) is 0 Å². The lowest BCUT2D eigenvalue weighted by Gasteiger charge is -2.17. The number of anilines is 2. The van der Waals surface area contributed by atoms with Crippen molar-refractivity contribution < 1.29 is 22.7 Å². The Hall–Kier alpha value is -2.26. The van der Waals surface area contributed by atoms with Gasteiger partial charge in [0.1, 0.15) is 16.0 Å². The molecule has 0 aliphatic carbocycles. The third-order valence-electron chi connectivity index (χ3n) is 4.22. The van der Waals surface area contributed by atoms with Gasteiger partial charge in [-0.25, -0.2) is 8.42 Å². The van der Waals surface area contributed by atoms with Crippen LogP contribution in [-0.4, -0.2) is 40.8 Å². The van der Waals surface area contributed by atoms with Crippen molar-refractivity contribution in [2.24, 2.45) is 0 Å². The Balaban J connectivity index is 1.79. The minimum atomic E-state index is -3.22. The Kier molecular flexibility index (Phi) is 5.61. The van der Waals surface area contributed by atoms with Crippen LogP contribution in [0.2, 0.25) is 0 Å². The highest BCUT2D eigenvalue weighted by molar-refractivity contribution is 9.10. The van der Waals surface area contributed by atoms with E-state index >= 15 is 0 Å². The molecule has 0 saturated carbocycles. The van der Waals surface area contributed by atoms with Gasteiger partial charge >= 0.3 is 0 Å². The predicted molar refractivity (Wildman–Crippen MR) is 107 cm³/mol. The first-order chi connectivity index (χ1) is 12.9. The first-order valence-corrected chi connectivity index (χ1v) is 10.6. The summed E-state index contributed by atoms with van der Waals surface area (Å²) in [5.74, 6) is 0.794. The van der Waals surface area contributed by atoms with Crippen LogP contribution in [0.5, 0.6) is 11.5 Å². The van der Waals surface area contributed by atoms with E-state index in [-0.39, 0.29) is 11.7 Å². The molecule has 1 aliphatic heterocycles. The van der Waals surface area contributed by atoms with Crippen LogP contribution in [0.4, 0.5) is 11.4 Å². The van der Waals surface area contributed by atoms with Gasteiger partial charge in [-0.05, 0) is 58.7 Å². The van der Waals surface area contributed by atoms with Crippen molar-refractivity contribution in [3.63, 3.8) is 0 Å². The minimum absolute atomic E-state index is 0.165. The van der Waals surface area contributed by atoms with E-state index in [4.69, 9.17) is 9.47 Å². The van der Waals surface area contributed by atoms with E-state index in [1.165, 1.54) is 18.5 Å². The van der Waals surface area contributed by atoms with Crippen molar-refractivity contribution in [2.45, 2.75) is 6.42 Å². The summed E-state index contributed by atoms with van der Waals surface area (Å²) < 4.78 is 36.5. The van der Waals surface area contributed by atoms with Gasteiger partial charge in [0.15, 0.2) is 0 Å². The van der Waals surface area contributed by atoms with Gasteiger partial charge in [-0.3, -0.25) is 9.10 Å². The molecule has 9 heteroatoms. The summed E-state index contributed by atoms with van der Waals surface area (Å²) >= 11 is 3.37. The average Bonchev–Trinajstić information content (AvgIpc) is 3.01. The number of carbonyl (C=O) groups excluding carboxylic acids is 1. The van der Waals surface area contributed by atoms with Gasteiger partial charge < -0.3 is 14.8 Å². The van der Waals surface area contributed by atoms with Gasteiger partial charge in [-0.2, -0.15) is 0 Å². The Morgan fingerprint density at radius 3 is 2.19 bits per heavy atom. The maximum Gasteiger partial charge on any atom is 0.255 e. The summed E-state index contributed by atoms with van der Waals surface area (Å²) in [7, 11) is -0.212. The highest BCUT2D eigenvalue weighted by Crippen LogP contribution is 2.36. The highest BCUT2D eigenvalue weighted by Gasteiger charge is 2.28. The van der Waals surface area contributed by atoms with Crippen LogP contribution < -0.4 is 19.1 Å². The van der Waals surface area contributed by atoms with Gasteiger partial charge in [0, 0.05) is 17.8 Å². The van der Waals surface area contributed by atoms with Crippen molar-refractivity contribution in [2.75, 3.05) is 36.1 Å². The van der Waals surface area contributed by atoms with Gasteiger partial charge in [0.25, 0.3) is 5.91 Å². The molecule has 0 bridgehead atoms. The molecule has 2 aromatic carbocycles. The van der Waals surface area contributed by atoms with Crippen LogP contribution in [0.25, 0.3) is 0 Å². The molecule has 1 N–H and O–H groups in total. The molecule has 0 spiro atoms. The molecule has 1 heterocycles. The maximum atomic E-state index is 12.6. The molecule has 0 atom stereocenters. The van der Waals surface area contributed by atoms with E-state index in [0.717, 1.165) is 0 Å². The SMILES string of the molecule is COc1cc(C(=O)Nc2ccc(N3CCCS3(=O)=O)cc2)cc(OC)c1Br. The average molecular weight is 455 g/mol. The molecule has 0 unspecified atom stereocenters. The van der Waals surface area contributed by atoms with E-state index in [0.29, 0.717) is 45.9 Å². The molecule has 0 aromatic heterocycles. The topological polar surface area (TPSA) is 84.9 Å². The van der Waals surface area contributed by atoms with Crippen LogP contribution in [0.3, 0.4) is 0 Å². The quantitative estimate of drug-likeness (QED) is 0.749. The Bertz CT molecular complexity index is 935. The summed E-state index contributed by atoms with van der Waals surface area (Å²) in [6.45, 7) is 0.479. The number of methoxy groups -OCH3 is 2. The number of benzene rings is 2. The molecular formula is C18H19BrN2O5S. The lowest BCUT2D eigenvalue weighted by Crippen LogP contribution is -2.25. The monoisotopic (exact) mass is 454 g/mol. The lowest BCUT2D eigenvalue weighted by atomic mass is 10.1. The van der Waals surface area contributed by atoms with Crippen molar-refractivity contribution >= 4 is 43.2 Å². The van der Waals surface area contributed by atoms with E-state index in [2.05, 4.69) is 21.2 Å². The molecule has 144 valence electrons. The number of nitrogens with one attached hydrogen (secondary N) is 1. The number of halogens is 1. The molecule has 7 nitrogen and oxygen atoms in total. The van der Waals surface area contributed by atoms with Crippen LogP contribution >= 0.6 is 15.9 Å². The summed E-state index contributed by atoms with van der Waals surface area (Å²) in [5, 5.41) is 2.79. The molecule has 1 aliphatic rings. The fourth-order valence-corrected chi connectivity index (χ4v) is 4.96. The standard InChI is InChI=1S/C18H19BrN2O5S/c1-25-15-10-12(11-16(26-2)17(15)19)18(22)20-13-4-6-14(7-5-13)21-8-3-9-27(21,23)24/h4-7,10-11H,3,8-9H2,1-2H3,(H,20,22). The number of nitrogens with zero attached hydrogens (tertiary/aromatic N) is 1. The summed E-state index contributed by atoms with van der Waals surface area (Å²) in [6.07, 6.45) is 0.619. The zero-order valence-corrected chi connectivity index (χ0v) is 17.3. The van der Waals surface area contributed by atoms with E-state index in [9.17, 15) is 13.2 Å². The molecule has 1 saturated heterocycles. The number of rotatable bonds is 5. The molecule has 27 heavy (non-hydrogen) atoms. The van der Waals surface area contributed by atoms with Crippen molar-refractivity contribution in [3.8, 4) is 11.5 Å². The van der Waals surface area contributed by atoms with Crippen molar-refractivity contribution in [3.05, 3.63) is 46.4 Å². The Morgan fingerprint density at radius 2 is 1.70 bits per heavy atom. The largest absolute Gasteiger partial charge is 0.495 e. The molecule has 1 amide bonds. The van der Waals surface area contributed by atoms with Crippen LogP contribution in [0.15, 0.2) is 40.9 Å². The molecular weight excluding hydrogens is 436 g/mol. The second kappa shape index (κ2) is 7.77. The highest BCUT2D eigenvalue weighted by atomic mass is 79.9. The lowest BCUT2D eigenvalue weighted by molar-refractivity contribution is 0.102. The number of hydrogen-bond donors (Lipinski definition) is 1. The second-order valence-corrected chi connectivity index (χ2v) is 8.74. The van der Waals surface area contributed by atoms with Gasteiger partial charge in [-0.1, -0.05) is 0 Å². The van der Waals surface area contributed by atoms with Gasteiger partial charge in [0.2, 0.25) is 10.0 Å². The van der Waals surface area contributed by atoms with Crippen molar-refractivity contribution in [1.82, 2.24) is 0 Å². The number of carbonyl (C=O) groups is 1. The second-order valence-electron chi connectivity index (χ2n) is 5.94. The number of sulfonamides is 1. The van der Waals surface area contributed by atoms with E-state index in [1.54, 1.807) is 36.4 Å².